The standard InChI is InChI=1S/C14H19ClFNO/c1-18-13-8-12(16)11(15)7-10(13)14(9-17)5-3-2-4-6-14/h7-8H,2-6,9,17H2,1H3. The van der Waals surface area contributed by atoms with E-state index in [1.165, 1.54) is 12.5 Å². The highest BCUT2D eigenvalue weighted by Crippen LogP contribution is 2.44. The van der Waals surface area contributed by atoms with Crippen molar-refractivity contribution in [2.24, 2.45) is 5.73 Å². The molecule has 4 heteroatoms. The van der Waals surface area contributed by atoms with Crippen LogP contribution in [0.15, 0.2) is 12.1 Å². The number of ether oxygens (including phenoxy) is 1. The van der Waals surface area contributed by atoms with E-state index in [0.717, 1.165) is 31.2 Å². The van der Waals surface area contributed by atoms with Crippen LogP contribution in [0.5, 0.6) is 5.75 Å². The summed E-state index contributed by atoms with van der Waals surface area (Å²) in [6.45, 7) is 0.547. The highest BCUT2D eigenvalue weighted by Gasteiger charge is 2.35. The third-order valence-electron chi connectivity index (χ3n) is 4.02. The van der Waals surface area contributed by atoms with Crippen LogP contribution in [-0.2, 0) is 5.41 Å². The van der Waals surface area contributed by atoms with Gasteiger partial charge in [-0.15, -0.1) is 0 Å². The minimum atomic E-state index is -0.444. The molecular weight excluding hydrogens is 253 g/mol. The third-order valence-corrected chi connectivity index (χ3v) is 4.30. The van der Waals surface area contributed by atoms with Gasteiger partial charge in [-0.25, -0.2) is 4.39 Å². The lowest BCUT2D eigenvalue weighted by molar-refractivity contribution is 0.287. The number of rotatable bonds is 3. The van der Waals surface area contributed by atoms with Gasteiger partial charge in [0.1, 0.15) is 11.6 Å². The quantitative estimate of drug-likeness (QED) is 0.911. The second-order valence-electron chi connectivity index (χ2n) is 5.01. The Balaban J connectivity index is 2.49. The molecule has 0 unspecified atom stereocenters. The summed E-state index contributed by atoms with van der Waals surface area (Å²) in [6.07, 6.45) is 5.56. The summed E-state index contributed by atoms with van der Waals surface area (Å²) in [6, 6.07) is 3.05. The molecule has 0 amide bonds. The molecule has 2 rings (SSSR count). The molecule has 1 aromatic rings. The second-order valence-corrected chi connectivity index (χ2v) is 5.42. The molecule has 0 bridgehead atoms. The van der Waals surface area contributed by atoms with Crippen LogP contribution in [0.3, 0.4) is 0 Å². The van der Waals surface area contributed by atoms with Gasteiger partial charge >= 0.3 is 0 Å². The maximum Gasteiger partial charge on any atom is 0.145 e. The van der Waals surface area contributed by atoms with Crippen molar-refractivity contribution >= 4 is 11.6 Å². The Morgan fingerprint density at radius 3 is 2.56 bits per heavy atom. The molecule has 1 saturated carbocycles. The molecule has 0 spiro atoms. The normalized spacial score (nSPS) is 18.7. The summed E-state index contributed by atoms with van der Waals surface area (Å²) in [7, 11) is 1.55. The summed E-state index contributed by atoms with van der Waals surface area (Å²) in [5.41, 5.74) is 6.84. The third kappa shape index (κ3) is 2.34. The maximum absolute atomic E-state index is 13.5. The predicted molar refractivity (Wildman–Crippen MR) is 71.8 cm³/mol. The minimum absolute atomic E-state index is 0.110. The first-order valence-corrected chi connectivity index (χ1v) is 6.74. The highest BCUT2D eigenvalue weighted by molar-refractivity contribution is 6.30. The van der Waals surface area contributed by atoms with Crippen LogP contribution in [-0.4, -0.2) is 13.7 Å². The molecule has 1 aromatic carbocycles. The molecule has 2 nitrogen and oxygen atoms in total. The highest BCUT2D eigenvalue weighted by atomic mass is 35.5. The van der Waals surface area contributed by atoms with Gasteiger partial charge in [0, 0.05) is 23.6 Å². The van der Waals surface area contributed by atoms with E-state index in [0.29, 0.717) is 12.3 Å². The van der Waals surface area contributed by atoms with Crippen molar-refractivity contribution < 1.29 is 9.13 Å². The van der Waals surface area contributed by atoms with Crippen LogP contribution in [0.25, 0.3) is 0 Å². The van der Waals surface area contributed by atoms with E-state index in [-0.39, 0.29) is 10.4 Å². The van der Waals surface area contributed by atoms with Gasteiger partial charge in [0.2, 0.25) is 0 Å². The lowest BCUT2D eigenvalue weighted by Gasteiger charge is -2.37. The predicted octanol–water partition coefficient (Wildman–Crippen LogP) is 3.65. The zero-order valence-corrected chi connectivity index (χ0v) is 11.4. The summed E-state index contributed by atoms with van der Waals surface area (Å²) in [5, 5.41) is 0.143. The van der Waals surface area contributed by atoms with E-state index < -0.39 is 5.82 Å². The molecule has 2 N–H and O–H groups in total. The average molecular weight is 272 g/mol. The number of benzene rings is 1. The van der Waals surface area contributed by atoms with Gasteiger partial charge in [0.15, 0.2) is 0 Å². The van der Waals surface area contributed by atoms with Gasteiger partial charge in [0.25, 0.3) is 0 Å². The van der Waals surface area contributed by atoms with Gasteiger partial charge in [-0.05, 0) is 18.9 Å². The zero-order chi connectivity index (χ0) is 13.2. The maximum atomic E-state index is 13.5. The molecular formula is C14H19ClFNO. The first-order chi connectivity index (χ1) is 8.63. The first-order valence-electron chi connectivity index (χ1n) is 6.36. The Morgan fingerprint density at radius 1 is 1.33 bits per heavy atom. The van der Waals surface area contributed by atoms with Crippen molar-refractivity contribution in [3.05, 3.63) is 28.5 Å². The van der Waals surface area contributed by atoms with Gasteiger partial charge in [0.05, 0.1) is 12.1 Å². The summed E-state index contributed by atoms with van der Waals surface area (Å²) in [5.74, 6) is 0.115. The Bertz CT molecular complexity index is 430. The van der Waals surface area contributed by atoms with Crippen LogP contribution in [0, 0.1) is 5.82 Å². The van der Waals surface area contributed by atoms with Gasteiger partial charge in [-0.3, -0.25) is 0 Å². The Kier molecular flexibility index (Phi) is 4.13. The van der Waals surface area contributed by atoms with Crippen molar-refractivity contribution in [1.82, 2.24) is 0 Å². The molecule has 100 valence electrons. The fourth-order valence-corrected chi connectivity index (χ4v) is 3.09. The number of hydrogen-bond donors (Lipinski definition) is 1. The van der Waals surface area contributed by atoms with Crippen LogP contribution >= 0.6 is 11.6 Å². The summed E-state index contributed by atoms with van der Waals surface area (Å²) < 4.78 is 18.8. The molecule has 0 saturated heterocycles. The fraction of sp³-hybridized carbons (Fsp3) is 0.571. The summed E-state index contributed by atoms with van der Waals surface area (Å²) in [4.78, 5) is 0. The van der Waals surface area contributed by atoms with Crippen LogP contribution in [0.2, 0.25) is 5.02 Å². The Hall–Kier alpha value is -0.800. The van der Waals surface area contributed by atoms with Crippen LogP contribution in [0.4, 0.5) is 4.39 Å². The van der Waals surface area contributed by atoms with Crippen molar-refractivity contribution in [3.8, 4) is 5.75 Å². The van der Waals surface area contributed by atoms with E-state index in [1.54, 1.807) is 13.2 Å². The lowest BCUT2D eigenvalue weighted by atomic mass is 9.69. The van der Waals surface area contributed by atoms with Gasteiger partial charge in [-0.2, -0.15) is 0 Å². The van der Waals surface area contributed by atoms with E-state index in [9.17, 15) is 4.39 Å². The molecule has 0 atom stereocenters. The van der Waals surface area contributed by atoms with Crippen molar-refractivity contribution in [2.45, 2.75) is 37.5 Å². The molecule has 1 fully saturated rings. The average Bonchev–Trinajstić information content (AvgIpc) is 2.42. The van der Waals surface area contributed by atoms with E-state index in [2.05, 4.69) is 0 Å². The molecule has 1 aliphatic carbocycles. The number of nitrogens with two attached hydrogens (primary N) is 1. The summed E-state index contributed by atoms with van der Waals surface area (Å²) >= 11 is 5.91. The van der Waals surface area contributed by atoms with E-state index in [1.807, 2.05) is 0 Å². The molecule has 18 heavy (non-hydrogen) atoms. The minimum Gasteiger partial charge on any atom is -0.496 e. The van der Waals surface area contributed by atoms with E-state index in [4.69, 9.17) is 22.1 Å². The lowest BCUT2D eigenvalue weighted by Crippen LogP contribution is -2.37. The zero-order valence-electron chi connectivity index (χ0n) is 10.6. The number of halogens is 2. The smallest absolute Gasteiger partial charge is 0.145 e. The van der Waals surface area contributed by atoms with Crippen molar-refractivity contribution in [1.29, 1.82) is 0 Å². The van der Waals surface area contributed by atoms with Crippen molar-refractivity contribution in [3.63, 3.8) is 0 Å². The molecule has 0 heterocycles. The van der Waals surface area contributed by atoms with Crippen molar-refractivity contribution in [2.75, 3.05) is 13.7 Å². The molecule has 0 aliphatic heterocycles. The monoisotopic (exact) mass is 271 g/mol. The fourth-order valence-electron chi connectivity index (χ4n) is 2.92. The van der Waals surface area contributed by atoms with Gasteiger partial charge in [-0.1, -0.05) is 30.9 Å². The van der Waals surface area contributed by atoms with Gasteiger partial charge < -0.3 is 10.5 Å². The van der Waals surface area contributed by atoms with Crippen LogP contribution < -0.4 is 10.5 Å². The number of methoxy groups -OCH3 is 1. The molecule has 0 aromatic heterocycles. The second kappa shape index (κ2) is 5.45. The largest absolute Gasteiger partial charge is 0.496 e. The van der Waals surface area contributed by atoms with Crippen LogP contribution in [0.1, 0.15) is 37.7 Å². The first kappa shape index (κ1) is 13.6. The Labute approximate surface area is 112 Å². The topological polar surface area (TPSA) is 35.2 Å². The SMILES string of the molecule is COc1cc(F)c(Cl)cc1C1(CN)CCCCC1. The molecule has 1 aliphatic rings. The number of hydrogen-bond acceptors (Lipinski definition) is 2. The Morgan fingerprint density at radius 2 is 2.00 bits per heavy atom. The van der Waals surface area contributed by atoms with E-state index >= 15 is 0 Å². The molecule has 0 radical (unpaired) electrons.